The number of hydrogen-bond donors (Lipinski definition) is 1. The molecule has 1 N–H and O–H groups in total. The average molecular weight is 359 g/mol. The van der Waals surface area contributed by atoms with Gasteiger partial charge in [0, 0.05) is 29.3 Å². The summed E-state index contributed by atoms with van der Waals surface area (Å²) in [6.45, 7) is 2.01. The molecule has 0 unspecified atom stereocenters. The highest BCUT2D eigenvalue weighted by Gasteiger charge is 2.41. The van der Waals surface area contributed by atoms with Gasteiger partial charge in [-0.2, -0.15) is 0 Å². The molecule has 3 nitrogen and oxygen atoms in total. The molecule has 0 bridgehead atoms. The second-order valence-electron chi connectivity index (χ2n) is 6.79. The van der Waals surface area contributed by atoms with Crippen molar-refractivity contribution in [2.24, 2.45) is 10.4 Å². The number of nitrogens with zero attached hydrogens (tertiary/aromatic N) is 1. The van der Waals surface area contributed by atoms with Gasteiger partial charge in [0.1, 0.15) is 11.7 Å². The van der Waals surface area contributed by atoms with E-state index in [0.29, 0.717) is 11.6 Å². The van der Waals surface area contributed by atoms with Gasteiger partial charge in [0.15, 0.2) is 0 Å². The van der Waals surface area contributed by atoms with E-state index in [1.54, 1.807) is 6.07 Å². The summed E-state index contributed by atoms with van der Waals surface area (Å²) in [6.07, 6.45) is 2.71. The third kappa shape index (κ3) is 3.42. The van der Waals surface area contributed by atoms with Gasteiger partial charge in [-0.05, 0) is 54.7 Å². The zero-order valence-electron chi connectivity index (χ0n) is 13.9. The number of fused-ring (bicyclic) bond motifs is 1. The molecule has 0 saturated carbocycles. The SMILES string of the molecule is Fc1ccc2c(c1)NC(=NCc1cccc(Cl)c1)C1(CCOCC1)C2. The van der Waals surface area contributed by atoms with Gasteiger partial charge in [-0.1, -0.05) is 29.8 Å². The number of ether oxygens (including phenoxy) is 1. The van der Waals surface area contributed by atoms with Crippen LogP contribution in [0.4, 0.5) is 10.1 Å². The van der Waals surface area contributed by atoms with E-state index in [0.717, 1.165) is 55.1 Å². The molecule has 0 aromatic heterocycles. The number of benzene rings is 2. The summed E-state index contributed by atoms with van der Waals surface area (Å²) in [5.74, 6) is 0.706. The first-order chi connectivity index (χ1) is 12.1. The maximum absolute atomic E-state index is 13.6. The van der Waals surface area contributed by atoms with Crippen LogP contribution in [0.1, 0.15) is 24.0 Å². The van der Waals surface area contributed by atoms with Crippen molar-refractivity contribution >= 4 is 23.1 Å². The number of rotatable bonds is 2. The summed E-state index contributed by atoms with van der Waals surface area (Å²) in [4.78, 5) is 4.87. The number of nitrogens with one attached hydrogen (secondary N) is 1. The third-order valence-corrected chi connectivity index (χ3v) is 5.35. The molecule has 0 atom stereocenters. The van der Waals surface area contributed by atoms with Gasteiger partial charge in [0.2, 0.25) is 0 Å². The molecule has 130 valence electrons. The van der Waals surface area contributed by atoms with Crippen LogP contribution in [0.25, 0.3) is 0 Å². The number of aliphatic imine (C=N–C) groups is 1. The average Bonchev–Trinajstić information content (AvgIpc) is 2.61. The van der Waals surface area contributed by atoms with Crippen molar-refractivity contribution in [3.05, 3.63) is 64.4 Å². The second-order valence-corrected chi connectivity index (χ2v) is 7.23. The molecular formula is C20H20ClFN2O. The van der Waals surface area contributed by atoms with Gasteiger partial charge in [0.05, 0.1) is 6.54 Å². The van der Waals surface area contributed by atoms with Crippen molar-refractivity contribution in [3.8, 4) is 0 Å². The minimum Gasteiger partial charge on any atom is -0.381 e. The van der Waals surface area contributed by atoms with Crippen LogP contribution >= 0.6 is 11.6 Å². The van der Waals surface area contributed by atoms with Crippen molar-refractivity contribution in [1.82, 2.24) is 0 Å². The topological polar surface area (TPSA) is 33.6 Å². The van der Waals surface area contributed by atoms with Crippen LogP contribution in [-0.2, 0) is 17.7 Å². The summed E-state index contributed by atoms with van der Waals surface area (Å²) in [5.41, 5.74) is 2.97. The first kappa shape index (κ1) is 16.6. The largest absolute Gasteiger partial charge is 0.381 e. The van der Waals surface area contributed by atoms with Crippen molar-refractivity contribution in [2.75, 3.05) is 18.5 Å². The van der Waals surface area contributed by atoms with E-state index in [4.69, 9.17) is 21.3 Å². The summed E-state index contributed by atoms with van der Waals surface area (Å²) < 4.78 is 19.2. The number of halogens is 2. The zero-order chi connectivity index (χ0) is 17.3. The Morgan fingerprint density at radius 3 is 2.80 bits per heavy atom. The Morgan fingerprint density at radius 1 is 1.16 bits per heavy atom. The van der Waals surface area contributed by atoms with Gasteiger partial charge in [-0.15, -0.1) is 0 Å². The van der Waals surface area contributed by atoms with E-state index >= 15 is 0 Å². The number of hydrogen-bond acceptors (Lipinski definition) is 2. The molecule has 2 aromatic rings. The molecule has 0 aliphatic carbocycles. The zero-order valence-corrected chi connectivity index (χ0v) is 14.7. The Bertz CT molecular complexity index is 815. The van der Waals surface area contributed by atoms with Crippen molar-refractivity contribution in [1.29, 1.82) is 0 Å². The van der Waals surface area contributed by atoms with E-state index in [1.807, 2.05) is 30.3 Å². The van der Waals surface area contributed by atoms with Gasteiger partial charge in [-0.3, -0.25) is 4.99 Å². The molecule has 1 spiro atoms. The maximum atomic E-state index is 13.6. The molecule has 1 fully saturated rings. The number of anilines is 1. The van der Waals surface area contributed by atoms with E-state index in [9.17, 15) is 4.39 Å². The Kier molecular flexibility index (Phi) is 4.48. The fraction of sp³-hybridized carbons (Fsp3) is 0.350. The quantitative estimate of drug-likeness (QED) is 0.833. The first-order valence-corrected chi connectivity index (χ1v) is 8.95. The molecule has 5 heteroatoms. The van der Waals surface area contributed by atoms with Crippen LogP contribution in [-0.4, -0.2) is 19.0 Å². The van der Waals surface area contributed by atoms with E-state index in [1.165, 1.54) is 6.07 Å². The third-order valence-electron chi connectivity index (χ3n) is 5.11. The van der Waals surface area contributed by atoms with Crippen molar-refractivity contribution < 1.29 is 9.13 Å². The summed E-state index contributed by atoms with van der Waals surface area (Å²) in [7, 11) is 0. The van der Waals surface area contributed by atoms with Gasteiger partial charge >= 0.3 is 0 Å². The van der Waals surface area contributed by atoms with Crippen LogP contribution < -0.4 is 5.32 Å². The Labute approximate surface area is 151 Å². The predicted molar refractivity (Wildman–Crippen MR) is 98.8 cm³/mol. The van der Waals surface area contributed by atoms with Crippen molar-refractivity contribution in [2.45, 2.75) is 25.8 Å². The van der Waals surface area contributed by atoms with E-state index in [-0.39, 0.29) is 11.2 Å². The van der Waals surface area contributed by atoms with Gasteiger partial charge < -0.3 is 10.1 Å². The molecule has 4 rings (SSSR count). The summed E-state index contributed by atoms with van der Waals surface area (Å²) in [5, 5.41) is 4.12. The molecule has 2 aliphatic rings. The smallest absolute Gasteiger partial charge is 0.125 e. The fourth-order valence-electron chi connectivity index (χ4n) is 3.72. The summed E-state index contributed by atoms with van der Waals surface area (Å²) >= 11 is 6.07. The molecule has 2 aliphatic heterocycles. The Hall–Kier alpha value is -1.91. The second kappa shape index (κ2) is 6.77. The van der Waals surface area contributed by atoms with Crippen LogP contribution in [0.2, 0.25) is 5.02 Å². The van der Waals surface area contributed by atoms with Crippen LogP contribution in [0.15, 0.2) is 47.5 Å². The molecule has 0 amide bonds. The normalized spacial score (nSPS) is 20.3. The highest BCUT2D eigenvalue weighted by molar-refractivity contribution is 6.30. The Morgan fingerprint density at radius 2 is 2.00 bits per heavy atom. The molecule has 1 saturated heterocycles. The standard InChI is InChI=1S/C20H20ClFN2O/c21-16-3-1-2-14(10-16)13-23-19-20(6-8-25-9-7-20)12-15-4-5-17(22)11-18(15)24-19/h1-5,10-11H,6-9,12-13H2,(H,23,24). The lowest BCUT2D eigenvalue weighted by Gasteiger charge is -2.42. The van der Waals surface area contributed by atoms with E-state index < -0.39 is 0 Å². The summed E-state index contributed by atoms with van der Waals surface area (Å²) in [6, 6.07) is 12.7. The lowest BCUT2D eigenvalue weighted by Crippen LogP contribution is -2.45. The molecule has 0 radical (unpaired) electrons. The minimum absolute atomic E-state index is 0.0539. The molecular weight excluding hydrogens is 339 g/mol. The fourth-order valence-corrected chi connectivity index (χ4v) is 3.93. The maximum Gasteiger partial charge on any atom is 0.125 e. The van der Waals surface area contributed by atoms with Crippen LogP contribution in [0.3, 0.4) is 0 Å². The molecule has 25 heavy (non-hydrogen) atoms. The monoisotopic (exact) mass is 358 g/mol. The van der Waals surface area contributed by atoms with E-state index in [2.05, 4.69) is 5.32 Å². The lowest BCUT2D eigenvalue weighted by atomic mass is 9.71. The predicted octanol–water partition coefficient (Wildman–Crippen LogP) is 4.84. The first-order valence-electron chi connectivity index (χ1n) is 8.57. The molecule has 2 heterocycles. The Balaban J connectivity index is 1.68. The molecule has 2 aromatic carbocycles. The lowest BCUT2D eigenvalue weighted by molar-refractivity contribution is 0.0448. The van der Waals surface area contributed by atoms with Crippen LogP contribution in [0.5, 0.6) is 0 Å². The van der Waals surface area contributed by atoms with Gasteiger partial charge in [-0.25, -0.2) is 4.39 Å². The number of amidine groups is 1. The van der Waals surface area contributed by atoms with Crippen molar-refractivity contribution in [3.63, 3.8) is 0 Å². The van der Waals surface area contributed by atoms with Crippen LogP contribution in [0, 0.1) is 11.2 Å². The highest BCUT2D eigenvalue weighted by Crippen LogP contribution is 2.42. The highest BCUT2D eigenvalue weighted by atomic mass is 35.5. The van der Waals surface area contributed by atoms with Gasteiger partial charge in [0.25, 0.3) is 0 Å². The minimum atomic E-state index is -0.233.